The molecular weight excluding hydrogens is 442 g/mol. The minimum Gasteiger partial charge on any atom is -0.322 e. The van der Waals surface area contributed by atoms with Crippen LogP contribution in [0.1, 0.15) is 65.4 Å². The molecule has 2 atom stereocenters. The largest absolute Gasteiger partial charge is 0.322 e. The van der Waals surface area contributed by atoms with Gasteiger partial charge in [-0.05, 0) is 114 Å². The van der Waals surface area contributed by atoms with Crippen molar-refractivity contribution in [1.82, 2.24) is 10.6 Å². The molecule has 4 aromatic carbocycles. The number of nitrogens with one attached hydrogen (secondary N) is 3. The van der Waals surface area contributed by atoms with Gasteiger partial charge in [-0.15, -0.1) is 0 Å². The second kappa shape index (κ2) is 9.02. The van der Waals surface area contributed by atoms with Crippen LogP contribution in [0.2, 0.25) is 0 Å². The van der Waals surface area contributed by atoms with Gasteiger partial charge in [0.15, 0.2) is 0 Å². The lowest BCUT2D eigenvalue weighted by Crippen LogP contribution is -2.57. The van der Waals surface area contributed by atoms with Gasteiger partial charge in [0.05, 0.1) is 0 Å². The van der Waals surface area contributed by atoms with Gasteiger partial charge < -0.3 is 16.0 Å². The molecule has 182 valence electrons. The molecule has 4 fully saturated rings. The van der Waals surface area contributed by atoms with E-state index in [4.69, 9.17) is 0 Å². The summed E-state index contributed by atoms with van der Waals surface area (Å²) < 4.78 is 0. The Bertz CT molecular complexity index is 1440. The molecule has 4 nitrogen and oxygen atoms in total. The van der Waals surface area contributed by atoms with Crippen LogP contribution in [0.15, 0.2) is 72.8 Å². The zero-order valence-electron chi connectivity index (χ0n) is 20.6. The van der Waals surface area contributed by atoms with E-state index in [-0.39, 0.29) is 5.91 Å². The van der Waals surface area contributed by atoms with Crippen LogP contribution in [0.5, 0.6) is 0 Å². The van der Waals surface area contributed by atoms with Crippen LogP contribution in [-0.4, -0.2) is 31.1 Å². The predicted octanol–water partition coefficient (Wildman–Crippen LogP) is 6.32. The van der Waals surface area contributed by atoms with Gasteiger partial charge in [-0.3, -0.25) is 4.79 Å². The summed E-state index contributed by atoms with van der Waals surface area (Å²) in [5.74, 6) is 1.08. The molecule has 3 N–H and O–H groups in total. The Kier molecular flexibility index (Phi) is 5.52. The van der Waals surface area contributed by atoms with E-state index in [0.717, 1.165) is 42.6 Å². The molecular formula is C32H33N3O. The van der Waals surface area contributed by atoms with Gasteiger partial charge in [0.1, 0.15) is 0 Å². The molecule has 2 bridgehead atoms. The number of fused-ring (bicyclic) bond motifs is 4. The van der Waals surface area contributed by atoms with Crippen LogP contribution in [-0.2, 0) is 0 Å². The first-order chi connectivity index (χ1) is 17.7. The van der Waals surface area contributed by atoms with E-state index >= 15 is 0 Å². The van der Waals surface area contributed by atoms with E-state index in [2.05, 4.69) is 82.7 Å². The van der Waals surface area contributed by atoms with E-state index in [1.165, 1.54) is 46.5 Å². The highest BCUT2D eigenvalue weighted by Gasteiger charge is 2.38. The standard InChI is InChI=1S/C32H33N3O/c36-32(24-14-21-4-1-2-6-28(21)31(18-24)20-10-12-33-13-11-20)35-25-8-9-30-22(15-25)5-3-7-29(30)23-16-26-19-27(17-23)34-26/h1-9,14-15,18,20,23,26-27,33-34H,10-13,16-17,19H2,(H,35,36). The van der Waals surface area contributed by atoms with E-state index in [1.54, 1.807) is 0 Å². The van der Waals surface area contributed by atoms with Crippen LogP contribution >= 0.6 is 0 Å². The summed E-state index contributed by atoms with van der Waals surface area (Å²) in [7, 11) is 0. The van der Waals surface area contributed by atoms with Crippen molar-refractivity contribution in [3.05, 3.63) is 89.5 Å². The van der Waals surface area contributed by atoms with Gasteiger partial charge in [0, 0.05) is 23.3 Å². The summed E-state index contributed by atoms with van der Waals surface area (Å²) in [6, 6.07) is 27.1. The summed E-state index contributed by atoms with van der Waals surface area (Å²) in [5.41, 5.74) is 4.37. The van der Waals surface area contributed by atoms with Gasteiger partial charge in [-0.2, -0.15) is 0 Å². The highest BCUT2D eigenvalue weighted by atomic mass is 16.1. The summed E-state index contributed by atoms with van der Waals surface area (Å²) in [6.45, 7) is 2.07. The lowest BCUT2D eigenvalue weighted by atomic mass is 9.72. The highest BCUT2D eigenvalue weighted by Crippen LogP contribution is 2.41. The Hall–Kier alpha value is -3.21. The second-order valence-electron chi connectivity index (χ2n) is 11.0. The summed E-state index contributed by atoms with van der Waals surface area (Å²) in [4.78, 5) is 13.5. The molecule has 3 heterocycles. The maximum Gasteiger partial charge on any atom is 0.255 e. The zero-order chi connectivity index (χ0) is 24.1. The lowest BCUT2D eigenvalue weighted by Gasteiger charge is -2.47. The van der Waals surface area contributed by atoms with Crippen molar-refractivity contribution in [1.29, 1.82) is 0 Å². The third-order valence-corrected chi connectivity index (χ3v) is 8.73. The number of anilines is 1. The maximum atomic E-state index is 13.5. The van der Waals surface area contributed by atoms with E-state index in [0.29, 0.717) is 23.9 Å². The van der Waals surface area contributed by atoms with Gasteiger partial charge in [-0.25, -0.2) is 0 Å². The summed E-state index contributed by atoms with van der Waals surface area (Å²) >= 11 is 0. The topological polar surface area (TPSA) is 53.2 Å². The average Bonchev–Trinajstić information content (AvgIpc) is 2.92. The first kappa shape index (κ1) is 22.0. The summed E-state index contributed by atoms with van der Waals surface area (Å²) in [5, 5.41) is 15.3. The second-order valence-corrected chi connectivity index (χ2v) is 11.0. The van der Waals surface area contributed by atoms with E-state index < -0.39 is 0 Å². The van der Waals surface area contributed by atoms with Crippen molar-refractivity contribution in [2.75, 3.05) is 18.4 Å². The number of benzene rings is 4. The van der Waals surface area contributed by atoms with Crippen molar-refractivity contribution in [3.8, 4) is 0 Å². The fraction of sp³-hybridized carbons (Fsp3) is 0.344. The molecule has 4 heteroatoms. The van der Waals surface area contributed by atoms with Crippen molar-refractivity contribution in [2.24, 2.45) is 0 Å². The number of hydrogen-bond acceptors (Lipinski definition) is 3. The average molecular weight is 476 g/mol. The van der Waals surface area contributed by atoms with Crippen LogP contribution < -0.4 is 16.0 Å². The van der Waals surface area contributed by atoms with Gasteiger partial charge in [0.25, 0.3) is 5.91 Å². The molecule has 1 aliphatic carbocycles. The molecule has 1 amide bonds. The Balaban J connectivity index is 1.18. The number of amides is 1. The fourth-order valence-electron chi connectivity index (χ4n) is 6.91. The molecule has 0 spiro atoms. The predicted molar refractivity (Wildman–Crippen MR) is 148 cm³/mol. The van der Waals surface area contributed by atoms with Crippen molar-refractivity contribution >= 4 is 33.1 Å². The smallest absolute Gasteiger partial charge is 0.255 e. The SMILES string of the molecule is O=C(Nc1ccc2c(C3CC4CC(C3)N4)cccc2c1)c1cc(C2CCNCC2)c2ccccc2c1. The highest BCUT2D eigenvalue weighted by molar-refractivity contribution is 6.08. The van der Waals surface area contributed by atoms with Crippen molar-refractivity contribution in [2.45, 2.75) is 56.0 Å². The third kappa shape index (κ3) is 3.99. The lowest BCUT2D eigenvalue weighted by molar-refractivity contribution is 0.102. The first-order valence-electron chi connectivity index (χ1n) is 13.5. The van der Waals surface area contributed by atoms with Crippen LogP contribution in [0, 0.1) is 0 Å². The number of carbonyl (C=O) groups excluding carboxylic acids is 1. The minimum atomic E-state index is -0.0371. The van der Waals surface area contributed by atoms with Crippen molar-refractivity contribution < 1.29 is 4.79 Å². The fourth-order valence-corrected chi connectivity index (χ4v) is 6.91. The Morgan fingerprint density at radius 1 is 0.722 bits per heavy atom. The molecule has 8 rings (SSSR count). The molecule has 3 aliphatic heterocycles. The molecule has 2 unspecified atom stereocenters. The molecule has 4 aliphatic rings. The summed E-state index contributed by atoms with van der Waals surface area (Å²) in [6.07, 6.45) is 6.03. The Morgan fingerprint density at radius 3 is 2.28 bits per heavy atom. The van der Waals surface area contributed by atoms with Crippen LogP contribution in [0.25, 0.3) is 21.5 Å². The normalized spacial score (nSPS) is 23.9. The maximum absolute atomic E-state index is 13.5. The molecule has 36 heavy (non-hydrogen) atoms. The monoisotopic (exact) mass is 475 g/mol. The number of rotatable bonds is 4. The Morgan fingerprint density at radius 2 is 1.44 bits per heavy atom. The zero-order valence-corrected chi connectivity index (χ0v) is 20.6. The number of carbonyl (C=O) groups is 1. The number of hydrogen-bond donors (Lipinski definition) is 3. The molecule has 1 saturated carbocycles. The van der Waals surface area contributed by atoms with Crippen LogP contribution in [0.3, 0.4) is 0 Å². The quantitative estimate of drug-likeness (QED) is 0.324. The van der Waals surface area contributed by atoms with Crippen LogP contribution in [0.4, 0.5) is 5.69 Å². The van der Waals surface area contributed by atoms with E-state index in [9.17, 15) is 4.79 Å². The third-order valence-electron chi connectivity index (χ3n) is 8.73. The van der Waals surface area contributed by atoms with Crippen molar-refractivity contribution in [3.63, 3.8) is 0 Å². The molecule has 3 saturated heterocycles. The van der Waals surface area contributed by atoms with Gasteiger partial charge in [-0.1, -0.05) is 48.5 Å². The van der Waals surface area contributed by atoms with E-state index in [1.807, 2.05) is 6.07 Å². The van der Waals surface area contributed by atoms with Gasteiger partial charge in [0.2, 0.25) is 0 Å². The first-order valence-corrected chi connectivity index (χ1v) is 13.5. The van der Waals surface area contributed by atoms with Gasteiger partial charge >= 0.3 is 0 Å². The molecule has 0 radical (unpaired) electrons. The Labute approximate surface area is 212 Å². The molecule has 4 aromatic rings. The molecule has 0 aromatic heterocycles. The number of piperidine rings is 2. The minimum absolute atomic E-state index is 0.0371.